The molecule has 4 heteroatoms. The standard InChI is InChI=1S/C33H22N2O2/c1-21-9-7-13-26-25-12-5-6-15-28(25)35(31(21)26)29-16-8-14-27-30(29)33(37)34(32(27)36)24-19-17-23(18-20-24)22-10-3-2-4-11-22/h2-20H,1H3. The molecule has 1 aromatic heterocycles. The summed E-state index contributed by atoms with van der Waals surface area (Å²) < 4.78 is 2.13. The molecular weight excluding hydrogens is 456 g/mol. The molecule has 0 spiro atoms. The molecule has 0 atom stereocenters. The minimum absolute atomic E-state index is 0.299. The maximum Gasteiger partial charge on any atom is 0.268 e. The van der Waals surface area contributed by atoms with E-state index in [0.29, 0.717) is 16.8 Å². The molecule has 0 bridgehead atoms. The number of carbonyl (C=O) groups excluding carboxylic acids is 2. The second kappa shape index (κ2) is 8.04. The molecule has 0 radical (unpaired) electrons. The van der Waals surface area contributed by atoms with Crippen molar-refractivity contribution >= 4 is 39.3 Å². The van der Waals surface area contributed by atoms with Crippen molar-refractivity contribution in [3.05, 3.63) is 132 Å². The molecule has 176 valence electrons. The first-order chi connectivity index (χ1) is 18.1. The first-order valence-electron chi connectivity index (χ1n) is 12.3. The summed E-state index contributed by atoms with van der Waals surface area (Å²) in [5, 5.41) is 2.24. The zero-order valence-electron chi connectivity index (χ0n) is 20.2. The molecule has 1 aliphatic heterocycles. The van der Waals surface area contributed by atoms with Crippen LogP contribution in [0.2, 0.25) is 0 Å². The van der Waals surface area contributed by atoms with Gasteiger partial charge >= 0.3 is 0 Å². The number of anilines is 1. The number of benzene rings is 5. The maximum atomic E-state index is 13.9. The predicted octanol–water partition coefficient (Wildman–Crippen LogP) is 7.56. The van der Waals surface area contributed by atoms with Crippen LogP contribution in [0.5, 0.6) is 0 Å². The number of carbonyl (C=O) groups is 2. The molecule has 37 heavy (non-hydrogen) atoms. The number of fused-ring (bicyclic) bond motifs is 4. The molecule has 2 amide bonds. The van der Waals surface area contributed by atoms with Crippen LogP contribution in [-0.4, -0.2) is 16.4 Å². The molecule has 0 N–H and O–H groups in total. The Balaban J connectivity index is 1.39. The number of hydrogen-bond donors (Lipinski definition) is 0. The Labute approximate surface area is 214 Å². The molecule has 0 fully saturated rings. The molecular formula is C33H22N2O2. The molecule has 2 heterocycles. The van der Waals surface area contributed by atoms with Crippen LogP contribution >= 0.6 is 0 Å². The van der Waals surface area contributed by atoms with Crippen LogP contribution in [0, 0.1) is 6.92 Å². The number of rotatable bonds is 3. The third-order valence-corrected chi connectivity index (χ3v) is 7.26. The van der Waals surface area contributed by atoms with Gasteiger partial charge in [0.2, 0.25) is 0 Å². The zero-order valence-corrected chi connectivity index (χ0v) is 20.2. The van der Waals surface area contributed by atoms with E-state index in [0.717, 1.165) is 44.2 Å². The highest BCUT2D eigenvalue weighted by Gasteiger charge is 2.39. The molecule has 0 unspecified atom stereocenters. The van der Waals surface area contributed by atoms with Gasteiger partial charge < -0.3 is 4.57 Å². The Kier molecular flexibility index (Phi) is 4.63. The predicted molar refractivity (Wildman–Crippen MR) is 149 cm³/mol. The number of para-hydroxylation sites is 2. The van der Waals surface area contributed by atoms with Crippen LogP contribution in [-0.2, 0) is 0 Å². The van der Waals surface area contributed by atoms with Crippen LogP contribution in [0.1, 0.15) is 26.3 Å². The second-order valence-electron chi connectivity index (χ2n) is 9.38. The largest absolute Gasteiger partial charge is 0.308 e. The van der Waals surface area contributed by atoms with Gasteiger partial charge in [0.05, 0.1) is 33.5 Å². The normalized spacial score (nSPS) is 13.1. The second-order valence-corrected chi connectivity index (χ2v) is 9.38. The fraction of sp³-hybridized carbons (Fsp3) is 0.0303. The summed E-state index contributed by atoms with van der Waals surface area (Å²) in [5.41, 5.74) is 7.42. The van der Waals surface area contributed by atoms with Crippen molar-refractivity contribution in [1.29, 1.82) is 0 Å². The van der Waals surface area contributed by atoms with Gasteiger partial charge in [-0.15, -0.1) is 0 Å². The molecule has 4 nitrogen and oxygen atoms in total. The van der Waals surface area contributed by atoms with E-state index in [1.807, 2.05) is 78.9 Å². The molecule has 1 aliphatic rings. The van der Waals surface area contributed by atoms with Crippen LogP contribution < -0.4 is 4.90 Å². The maximum absolute atomic E-state index is 13.9. The minimum atomic E-state index is -0.303. The number of nitrogens with zero attached hydrogens (tertiary/aromatic N) is 2. The smallest absolute Gasteiger partial charge is 0.268 e. The Hall–Kier alpha value is -4.96. The zero-order chi connectivity index (χ0) is 25.1. The fourth-order valence-electron chi connectivity index (χ4n) is 5.56. The van der Waals surface area contributed by atoms with Crippen LogP contribution in [0.15, 0.2) is 115 Å². The summed E-state index contributed by atoms with van der Waals surface area (Å²) in [5.74, 6) is -0.602. The number of aryl methyl sites for hydroxylation is 1. The van der Waals surface area contributed by atoms with Crippen molar-refractivity contribution in [2.45, 2.75) is 6.92 Å². The van der Waals surface area contributed by atoms with Gasteiger partial charge in [0.15, 0.2) is 0 Å². The third kappa shape index (κ3) is 3.09. The van der Waals surface area contributed by atoms with Gasteiger partial charge in [-0.05, 0) is 53.9 Å². The molecule has 7 rings (SSSR count). The van der Waals surface area contributed by atoms with Crippen molar-refractivity contribution < 1.29 is 9.59 Å². The van der Waals surface area contributed by atoms with E-state index >= 15 is 0 Å². The summed E-state index contributed by atoms with van der Waals surface area (Å²) in [6.07, 6.45) is 0. The first kappa shape index (κ1) is 21.3. The van der Waals surface area contributed by atoms with Gasteiger partial charge in [-0.3, -0.25) is 9.59 Å². The molecule has 0 saturated heterocycles. The van der Waals surface area contributed by atoms with Gasteiger partial charge in [-0.2, -0.15) is 0 Å². The Bertz CT molecular complexity index is 1860. The lowest BCUT2D eigenvalue weighted by molar-refractivity contribution is 0.0926. The van der Waals surface area contributed by atoms with Gasteiger partial charge in [0, 0.05) is 10.8 Å². The van der Waals surface area contributed by atoms with Crippen LogP contribution in [0.4, 0.5) is 5.69 Å². The number of aromatic nitrogens is 1. The monoisotopic (exact) mass is 478 g/mol. The lowest BCUT2D eigenvalue weighted by Crippen LogP contribution is -2.29. The van der Waals surface area contributed by atoms with Crippen molar-refractivity contribution in [3.8, 4) is 16.8 Å². The van der Waals surface area contributed by atoms with Gasteiger partial charge in [0.25, 0.3) is 11.8 Å². The Morgan fingerprint density at radius 3 is 2.05 bits per heavy atom. The first-order valence-corrected chi connectivity index (χ1v) is 12.3. The lowest BCUT2D eigenvalue weighted by atomic mass is 10.1. The third-order valence-electron chi connectivity index (χ3n) is 7.26. The van der Waals surface area contributed by atoms with Crippen molar-refractivity contribution in [1.82, 2.24) is 4.57 Å². The average molecular weight is 479 g/mol. The summed E-state index contributed by atoms with van der Waals surface area (Å²) in [6.45, 7) is 2.08. The molecule has 5 aromatic carbocycles. The minimum Gasteiger partial charge on any atom is -0.308 e. The van der Waals surface area contributed by atoms with E-state index in [-0.39, 0.29) is 11.8 Å². The van der Waals surface area contributed by atoms with E-state index < -0.39 is 0 Å². The van der Waals surface area contributed by atoms with Gasteiger partial charge in [-0.25, -0.2) is 4.90 Å². The highest BCUT2D eigenvalue weighted by atomic mass is 16.2. The SMILES string of the molecule is Cc1cccc2c3ccccc3n(-c3cccc4c3C(=O)N(c3ccc(-c5ccccc5)cc3)C4=O)c12. The quantitative estimate of drug-likeness (QED) is 0.246. The summed E-state index contributed by atoms with van der Waals surface area (Å²) >= 11 is 0. The molecule has 0 aliphatic carbocycles. The Morgan fingerprint density at radius 1 is 0.568 bits per heavy atom. The van der Waals surface area contributed by atoms with Crippen LogP contribution in [0.3, 0.4) is 0 Å². The van der Waals surface area contributed by atoms with E-state index in [9.17, 15) is 9.59 Å². The summed E-state index contributed by atoms with van der Waals surface area (Å²) in [7, 11) is 0. The van der Waals surface area contributed by atoms with Crippen molar-refractivity contribution in [2.24, 2.45) is 0 Å². The highest BCUT2D eigenvalue weighted by Crippen LogP contribution is 2.38. The Morgan fingerprint density at radius 2 is 1.24 bits per heavy atom. The average Bonchev–Trinajstić information content (AvgIpc) is 3.42. The topological polar surface area (TPSA) is 42.3 Å². The number of amides is 2. The fourth-order valence-corrected chi connectivity index (χ4v) is 5.56. The summed E-state index contributed by atoms with van der Waals surface area (Å²) in [6, 6.07) is 37.6. The van der Waals surface area contributed by atoms with E-state index in [1.54, 1.807) is 6.07 Å². The van der Waals surface area contributed by atoms with E-state index in [4.69, 9.17) is 0 Å². The summed E-state index contributed by atoms with van der Waals surface area (Å²) in [4.78, 5) is 28.8. The molecule has 0 saturated carbocycles. The number of imide groups is 1. The van der Waals surface area contributed by atoms with E-state index in [1.165, 1.54) is 4.90 Å². The van der Waals surface area contributed by atoms with Crippen molar-refractivity contribution in [2.75, 3.05) is 4.90 Å². The van der Waals surface area contributed by atoms with Crippen LogP contribution in [0.25, 0.3) is 38.6 Å². The van der Waals surface area contributed by atoms with Crippen molar-refractivity contribution in [3.63, 3.8) is 0 Å². The molecule has 6 aromatic rings. The lowest BCUT2D eigenvalue weighted by Gasteiger charge is -2.15. The number of hydrogen-bond acceptors (Lipinski definition) is 2. The van der Waals surface area contributed by atoms with Gasteiger partial charge in [-0.1, -0.05) is 84.9 Å². The van der Waals surface area contributed by atoms with Gasteiger partial charge in [0.1, 0.15) is 0 Å². The highest BCUT2D eigenvalue weighted by molar-refractivity contribution is 6.35. The van der Waals surface area contributed by atoms with E-state index in [2.05, 4.69) is 41.8 Å².